The van der Waals surface area contributed by atoms with E-state index in [0.717, 1.165) is 12.1 Å². The Hall–Kier alpha value is -1.35. The van der Waals surface area contributed by atoms with Gasteiger partial charge in [0.05, 0.1) is 0 Å². The highest BCUT2D eigenvalue weighted by molar-refractivity contribution is 8.45. The fourth-order valence-electron chi connectivity index (χ4n) is 1.31. The van der Waals surface area contributed by atoms with E-state index < -0.39 is 27.1 Å². The molecular formula is C9H11F5N2OS. The molecule has 1 atom stereocenters. The van der Waals surface area contributed by atoms with Crippen LogP contribution in [0.5, 0.6) is 0 Å². The van der Waals surface area contributed by atoms with Crippen molar-refractivity contribution in [1.29, 1.82) is 0 Å². The van der Waals surface area contributed by atoms with Crippen LogP contribution in [0, 0.1) is 0 Å². The molecule has 9 heteroatoms. The third-order valence-corrected chi connectivity index (χ3v) is 3.34. The normalized spacial score (nSPS) is 17.7. The van der Waals surface area contributed by atoms with Gasteiger partial charge < -0.3 is 11.5 Å². The maximum absolute atomic E-state index is 12.4. The van der Waals surface area contributed by atoms with Crippen molar-refractivity contribution in [2.45, 2.75) is 17.4 Å². The molecule has 0 aromatic heterocycles. The van der Waals surface area contributed by atoms with Crippen LogP contribution < -0.4 is 11.5 Å². The Kier molecular flexibility index (Phi) is 2.92. The van der Waals surface area contributed by atoms with Gasteiger partial charge >= 0.3 is 10.2 Å². The van der Waals surface area contributed by atoms with E-state index in [1.807, 2.05) is 0 Å². The fraction of sp³-hybridized carbons (Fsp3) is 0.222. The van der Waals surface area contributed by atoms with E-state index in [9.17, 15) is 24.2 Å². The summed E-state index contributed by atoms with van der Waals surface area (Å²) in [5.41, 5.74) is 10.4. The third-order valence-electron chi connectivity index (χ3n) is 2.17. The molecule has 1 unspecified atom stereocenters. The van der Waals surface area contributed by atoms with Crippen molar-refractivity contribution >= 4 is 16.1 Å². The third kappa shape index (κ3) is 3.84. The van der Waals surface area contributed by atoms with E-state index in [1.165, 1.54) is 0 Å². The number of hydrogen-bond donors (Lipinski definition) is 2. The van der Waals surface area contributed by atoms with Crippen molar-refractivity contribution in [3.05, 3.63) is 29.8 Å². The number of carbonyl (C=O) groups is 1. The second kappa shape index (κ2) is 3.58. The van der Waals surface area contributed by atoms with Gasteiger partial charge in [-0.1, -0.05) is 31.6 Å². The summed E-state index contributed by atoms with van der Waals surface area (Å²) in [6.45, 7) is 0. The lowest BCUT2D eigenvalue weighted by Gasteiger charge is -2.40. The Bertz CT molecular complexity index is 469. The van der Waals surface area contributed by atoms with Gasteiger partial charge in [-0.15, -0.1) is 0 Å². The average molecular weight is 290 g/mol. The molecule has 4 N–H and O–H groups in total. The molecule has 104 valence electrons. The summed E-state index contributed by atoms with van der Waals surface area (Å²) in [7, 11) is -9.66. The predicted molar refractivity (Wildman–Crippen MR) is 58.6 cm³/mol. The highest BCUT2D eigenvalue weighted by atomic mass is 32.5. The van der Waals surface area contributed by atoms with Crippen molar-refractivity contribution in [3.63, 3.8) is 0 Å². The van der Waals surface area contributed by atoms with Crippen LogP contribution in [0.2, 0.25) is 0 Å². The molecule has 3 nitrogen and oxygen atoms in total. The smallest absolute Gasteiger partial charge is 0.310 e. The SMILES string of the molecule is NC(=O)CC(N)c1ccc(S(F)(F)(F)(F)F)cc1. The van der Waals surface area contributed by atoms with Crippen molar-refractivity contribution in [2.75, 3.05) is 0 Å². The average Bonchev–Trinajstić information content (AvgIpc) is 2.13. The lowest BCUT2D eigenvalue weighted by Crippen LogP contribution is -2.20. The summed E-state index contributed by atoms with van der Waals surface area (Å²) in [5, 5.41) is 0. The van der Waals surface area contributed by atoms with Crippen molar-refractivity contribution < 1.29 is 24.2 Å². The summed E-state index contributed by atoms with van der Waals surface area (Å²) in [5.74, 6) is -0.737. The zero-order valence-electron chi connectivity index (χ0n) is 8.95. The Morgan fingerprint density at radius 1 is 1.11 bits per heavy atom. The van der Waals surface area contributed by atoms with Crippen LogP contribution in [0.4, 0.5) is 19.4 Å². The number of halogens is 5. The van der Waals surface area contributed by atoms with E-state index in [0.29, 0.717) is 0 Å². The minimum absolute atomic E-state index is 0.124. The Morgan fingerprint density at radius 2 is 1.56 bits per heavy atom. The molecule has 0 aliphatic rings. The van der Waals surface area contributed by atoms with Crippen molar-refractivity contribution in [3.8, 4) is 0 Å². The standard InChI is InChI=1S/C9H11F5N2OS/c10-18(11,12,13,14)7-3-1-6(2-4-7)8(15)5-9(16)17/h1-4,8H,5,15H2,(H2,16,17). The molecule has 0 spiro atoms. The summed E-state index contributed by atoms with van der Waals surface area (Å²) in [4.78, 5) is 8.56. The molecule has 0 saturated heterocycles. The van der Waals surface area contributed by atoms with Gasteiger partial charge in [0, 0.05) is 12.5 Å². The van der Waals surface area contributed by atoms with Crippen LogP contribution in [0.1, 0.15) is 18.0 Å². The second-order valence-electron chi connectivity index (χ2n) is 3.81. The number of carbonyl (C=O) groups excluding carboxylic acids is 1. The maximum atomic E-state index is 12.4. The number of benzene rings is 1. The van der Waals surface area contributed by atoms with Crippen LogP contribution in [-0.2, 0) is 4.79 Å². The largest absolute Gasteiger partial charge is 0.370 e. The van der Waals surface area contributed by atoms with Gasteiger partial charge in [0.2, 0.25) is 5.91 Å². The molecule has 1 amide bonds. The Balaban J connectivity index is 3.05. The summed E-state index contributed by atoms with van der Waals surface area (Å²) in [6.07, 6.45) is -0.282. The maximum Gasteiger partial charge on any atom is 0.310 e. The minimum Gasteiger partial charge on any atom is -0.370 e. The van der Waals surface area contributed by atoms with Crippen LogP contribution in [0.15, 0.2) is 29.2 Å². The first-order valence-corrected chi connectivity index (χ1v) is 6.62. The molecule has 0 aliphatic carbocycles. The second-order valence-corrected chi connectivity index (χ2v) is 6.22. The van der Waals surface area contributed by atoms with Gasteiger partial charge in [0.1, 0.15) is 4.90 Å². The molecule has 0 radical (unpaired) electrons. The molecule has 0 aliphatic heterocycles. The number of nitrogens with two attached hydrogens (primary N) is 2. The van der Waals surface area contributed by atoms with Gasteiger partial charge in [-0.2, -0.15) is 0 Å². The van der Waals surface area contributed by atoms with Crippen molar-refractivity contribution in [1.82, 2.24) is 0 Å². The summed E-state index contributed by atoms with van der Waals surface area (Å²) in [6, 6.07) is 1.19. The molecule has 0 fully saturated rings. The highest BCUT2D eigenvalue weighted by Crippen LogP contribution is 3.02. The molecule has 1 aromatic rings. The van der Waals surface area contributed by atoms with Crippen LogP contribution >= 0.6 is 10.2 Å². The summed E-state index contributed by atoms with van der Waals surface area (Å²) >= 11 is 0. The lowest BCUT2D eigenvalue weighted by atomic mass is 10.0. The van der Waals surface area contributed by atoms with E-state index in [1.54, 1.807) is 0 Å². The lowest BCUT2D eigenvalue weighted by molar-refractivity contribution is -0.118. The van der Waals surface area contributed by atoms with E-state index in [-0.39, 0.29) is 24.1 Å². The molecular weight excluding hydrogens is 279 g/mol. The minimum atomic E-state index is -9.66. The number of hydrogen-bond acceptors (Lipinski definition) is 2. The Morgan fingerprint density at radius 3 is 1.89 bits per heavy atom. The summed E-state index contributed by atoms with van der Waals surface area (Å²) < 4.78 is 61.9. The van der Waals surface area contributed by atoms with Gasteiger partial charge in [0.25, 0.3) is 0 Å². The number of primary amides is 1. The monoisotopic (exact) mass is 290 g/mol. The first-order chi connectivity index (χ1) is 7.79. The molecule has 18 heavy (non-hydrogen) atoms. The molecule has 0 bridgehead atoms. The van der Waals surface area contributed by atoms with E-state index >= 15 is 0 Å². The van der Waals surface area contributed by atoms with Gasteiger partial charge in [-0.05, 0) is 17.7 Å². The number of amides is 1. The van der Waals surface area contributed by atoms with Crippen LogP contribution in [0.25, 0.3) is 0 Å². The first-order valence-electron chi connectivity index (χ1n) is 4.67. The first kappa shape index (κ1) is 14.7. The highest BCUT2D eigenvalue weighted by Gasteiger charge is 2.65. The zero-order valence-corrected chi connectivity index (χ0v) is 9.77. The fourth-order valence-corrected chi connectivity index (χ4v) is 1.96. The molecule has 1 aromatic carbocycles. The van der Waals surface area contributed by atoms with Crippen LogP contribution in [-0.4, -0.2) is 5.91 Å². The predicted octanol–water partition coefficient (Wildman–Crippen LogP) is 3.22. The van der Waals surface area contributed by atoms with Crippen LogP contribution in [0.3, 0.4) is 0 Å². The van der Waals surface area contributed by atoms with Crippen molar-refractivity contribution in [2.24, 2.45) is 11.5 Å². The Labute approximate surface area is 99.7 Å². The quantitative estimate of drug-likeness (QED) is 0.836. The number of rotatable bonds is 4. The zero-order chi connectivity index (χ0) is 14.3. The topological polar surface area (TPSA) is 69.1 Å². The van der Waals surface area contributed by atoms with E-state index in [2.05, 4.69) is 0 Å². The molecule has 0 heterocycles. The van der Waals surface area contributed by atoms with Gasteiger partial charge in [0.15, 0.2) is 0 Å². The molecule has 1 rings (SSSR count). The van der Waals surface area contributed by atoms with E-state index in [4.69, 9.17) is 11.5 Å². The van der Waals surface area contributed by atoms with Gasteiger partial charge in [-0.3, -0.25) is 4.79 Å². The molecule has 0 saturated carbocycles. The van der Waals surface area contributed by atoms with Gasteiger partial charge in [-0.25, -0.2) is 0 Å².